The summed E-state index contributed by atoms with van der Waals surface area (Å²) in [5, 5.41) is 18.5. The molecule has 0 fully saturated rings. The number of nitrogens with two attached hydrogens (primary N) is 1. The van der Waals surface area contributed by atoms with Crippen molar-refractivity contribution in [1.82, 2.24) is 14.8 Å². The monoisotopic (exact) mass is 431 g/mol. The number of hydrogen-bond acceptors (Lipinski definition) is 6. The first-order chi connectivity index (χ1) is 14.7. The van der Waals surface area contributed by atoms with E-state index in [2.05, 4.69) is 43.1 Å². The predicted octanol–water partition coefficient (Wildman–Crippen LogP) is 4.65. The van der Waals surface area contributed by atoms with Gasteiger partial charge in [0.2, 0.25) is 0 Å². The molecule has 0 atom stereocenters. The summed E-state index contributed by atoms with van der Waals surface area (Å²) in [5.74, 6) is 0.407. The molecular formula is C24H25N5OS. The number of carbonyl (C=O) groups is 1. The minimum Gasteiger partial charge on any atom is -0.401 e. The van der Waals surface area contributed by atoms with Gasteiger partial charge < -0.3 is 5.73 Å². The normalized spacial score (nSPS) is 12.2. The molecule has 1 heterocycles. The molecule has 0 aliphatic heterocycles. The molecule has 1 aromatic heterocycles. The van der Waals surface area contributed by atoms with Gasteiger partial charge in [0.25, 0.3) is 0 Å². The van der Waals surface area contributed by atoms with Gasteiger partial charge in [0.1, 0.15) is 11.6 Å². The molecule has 0 spiro atoms. The lowest BCUT2D eigenvalue weighted by atomic mass is 9.87. The zero-order valence-electron chi connectivity index (χ0n) is 18.1. The van der Waals surface area contributed by atoms with Crippen molar-refractivity contribution in [2.24, 2.45) is 5.73 Å². The summed E-state index contributed by atoms with van der Waals surface area (Å²) in [6.45, 7) is 8.07. The molecule has 3 rings (SSSR count). The summed E-state index contributed by atoms with van der Waals surface area (Å²) < 4.78 is 1.93. The van der Waals surface area contributed by atoms with Gasteiger partial charge in [0.05, 0.1) is 5.75 Å². The van der Waals surface area contributed by atoms with Crippen LogP contribution >= 0.6 is 11.8 Å². The standard InChI is InChI=1S/C24H25N5OS/c1-16(26)20(14-25)21(30)15-31-23-28-27-22(29(23)19-8-6-5-7-9-19)17-10-12-18(13-11-17)24(2,3)4/h5-13H,15,26H2,1-4H3/b20-16+. The van der Waals surface area contributed by atoms with Crippen LogP contribution in [0.25, 0.3) is 17.1 Å². The number of thioether (sulfide) groups is 1. The van der Waals surface area contributed by atoms with Crippen molar-refractivity contribution < 1.29 is 4.79 Å². The maximum absolute atomic E-state index is 12.4. The largest absolute Gasteiger partial charge is 0.401 e. The first-order valence-corrected chi connectivity index (χ1v) is 10.8. The number of benzene rings is 2. The third-order valence-electron chi connectivity index (χ3n) is 4.77. The summed E-state index contributed by atoms with van der Waals surface area (Å²) in [6, 6.07) is 19.9. The summed E-state index contributed by atoms with van der Waals surface area (Å²) in [5.41, 5.74) is 8.96. The molecule has 3 aromatic rings. The number of rotatable bonds is 6. The van der Waals surface area contributed by atoms with Gasteiger partial charge in [-0.15, -0.1) is 10.2 Å². The van der Waals surface area contributed by atoms with Crippen molar-refractivity contribution >= 4 is 17.5 Å². The number of carbonyl (C=O) groups excluding carboxylic acids is 1. The number of aromatic nitrogens is 3. The van der Waals surface area contributed by atoms with E-state index in [1.165, 1.54) is 17.3 Å². The SMILES string of the molecule is C/C(N)=C(/C#N)C(=O)CSc1nnc(-c2ccc(C(C)(C)C)cc2)n1-c1ccccc1. The number of ketones is 1. The van der Waals surface area contributed by atoms with Crippen molar-refractivity contribution in [3.8, 4) is 23.1 Å². The van der Waals surface area contributed by atoms with Gasteiger partial charge in [-0.25, -0.2) is 0 Å². The van der Waals surface area contributed by atoms with Crippen LogP contribution in [0.2, 0.25) is 0 Å². The van der Waals surface area contributed by atoms with E-state index in [4.69, 9.17) is 5.73 Å². The highest BCUT2D eigenvalue weighted by Crippen LogP contribution is 2.30. The number of Topliss-reactive ketones (excluding diaryl/α,β-unsaturated/α-hetero) is 1. The van der Waals surface area contributed by atoms with E-state index in [1.54, 1.807) is 6.92 Å². The van der Waals surface area contributed by atoms with Crippen molar-refractivity contribution in [3.63, 3.8) is 0 Å². The van der Waals surface area contributed by atoms with Crippen molar-refractivity contribution in [1.29, 1.82) is 5.26 Å². The van der Waals surface area contributed by atoms with Gasteiger partial charge >= 0.3 is 0 Å². The van der Waals surface area contributed by atoms with Crippen molar-refractivity contribution in [3.05, 3.63) is 71.4 Å². The second-order valence-corrected chi connectivity index (χ2v) is 9.13. The zero-order valence-corrected chi connectivity index (χ0v) is 18.9. The van der Waals surface area contributed by atoms with Gasteiger partial charge in [0.15, 0.2) is 16.8 Å². The van der Waals surface area contributed by atoms with Crippen LogP contribution in [0.5, 0.6) is 0 Å². The maximum atomic E-state index is 12.4. The molecule has 0 saturated heterocycles. The summed E-state index contributed by atoms with van der Waals surface area (Å²) in [4.78, 5) is 12.4. The lowest BCUT2D eigenvalue weighted by Gasteiger charge is -2.19. The van der Waals surface area contributed by atoms with E-state index < -0.39 is 0 Å². The Morgan fingerprint density at radius 2 is 1.74 bits per heavy atom. The summed E-state index contributed by atoms with van der Waals surface area (Å²) >= 11 is 1.23. The topological polar surface area (TPSA) is 97.6 Å². The van der Waals surface area contributed by atoms with E-state index in [1.807, 2.05) is 53.1 Å². The average Bonchev–Trinajstić information content (AvgIpc) is 3.16. The van der Waals surface area contributed by atoms with Gasteiger partial charge in [0, 0.05) is 16.9 Å². The Morgan fingerprint density at radius 3 is 2.29 bits per heavy atom. The number of hydrogen-bond donors (Lipinski definition) is 1. The molecule has 0 aliphatic rings. The van der Waals surface area contributed by atoms with E-state index in [9.17, 15) is 10.1 Å². The highest BCUT2D eigenvalue weighted by molar-refractivity contribution is 7.99. The average molecular weight is 432 g/mol. The molecule has 2 aromatic carbocycles. The smallest absolute Gasteiger partial charge is 0.196 e. The van der Waals surface area contributed by atoms with Crippen LogP contribution in [0, 0.1) is 11.3 Å². The second kappa shape index (κ2) is 9.19. The van der Waals surface area contributed by atoms with Gasteiger partial charge in [-0.2, -0.15) is 5.26 Å². The Morgan fingerprint density at radius 1 is 1.10 bits per heavy atom. The van der Waals surface area contributed by atoms with Crippen LogP contribution in [0.4, 0.5) is 0 Å². The Kier molecular flexibility index (Phi) is 6.62. The zero-order chi connectivity index (χ0) is 22.6. The fraction of sp³-hybridized carbons (Fsp3) is 0.250. The minimum atomic E-state index is -0.328. The second-order valence-electron chi connectivity index (χ2n) is 8.19. The van der Waals surface area contributed by atoms with Gasteiger partial charge in [-0.1, -0.05) is 75.0 Å². The highest BCUT2D eigenvalue weighted by atomic mass is 32.2. The number of para-hydroxylation sites is 1. The molecule has 0 radical (unpaired) electrons. The Balaban J connectivity index is 1.99. The lowest BCUT2D eigenvalue weighted by molar-refractivity contribution is -0.112. The first-order valence-electron chi connectivity index (χ1n) is 9.86. The van der Waals surface area contributed by atoms with Gasteiger partial charge in [-0.05, 0) is 30.0 Å². The van der Waals surface area contributed by atoms with E-state index >= 15 is 0 Å². The van der Waals surface area contributed by atoms with Crippen molar-refractivity contribution in [2.45, 2.75) is 38.3 Å². The molecular weight excluding hydrogens is 406 g/mol. The van der Waals surface area contributed by atoms with Crippen LogP contribution in [-0.2, 0) is 10.2 Å². The Hall–Kier alpha value is -3.37. The molecule has 31 heavy (non-hydrogen) atoms. The van der Waals surface area contributed by atoms with Crippen molar-refractivity contribution in [2.75, 3.05) is 5.75 Å². The lowest BCUT2D eigenvalue weighted by Crippen LogP contribution is -2.11. The van der Waals surface area contributed by atoms with Crippen LogP contribution in [0.15, 0.2) is 71.0 Å². The summed E-state index contributed by atoms with van der Waals surface area (Å²) in [6.07, 6.45) is 0. The third kappa shape index (κ3) is 5.04. The highest BCUT2D eigenvalue weighted by Gasteiger charge is 2.20. The third-order valence-corrected chi connectivity index (χ3v) is 5.70. The maximum Gasteiger partial charge on any atom is 0.196 e. The summed E-state index contributed by atoms with van der Waals surface area (Å²) in [7, 11) is 0. The quantitative estimate of drug-likeness (QED) is 0.347. The molecule has 0 saturated carbocycles. The molecule has 158 valence electrons. The predicted molar refractivity (Wildman–Crippen MR) is 124 cm³/mol. The Bertz CT molecular complexity index is 1150. The molecule has 0 bridgehead atoms. The molecule has 2 N–H and O–H groups in total. The number of nitrogens with zero attached hydrogens (tertiary/aromatic N) is 4. The molecule has 6 nitrogen and oxygen atoms in total. The van der Waals surface area contributed by atoms with Crippen LogP contribution in [-0.4, -0.2) is 26.3 Å². The first kappa shape index (κ1) is 22.3. The van der Waals surface area contributed by atoms with E-state index in [0.29, 0.717) is 11.0 Å². The molecule has 0 aliphatic carbocycles. The van der Waals surface area contributed by atoms with E-state index in [-0.39, 0.29) is 28.2 Å². The minimum absolute atomic E-state index is 0.0173. The fourth-order valence-corrected chi connectivity index (χ4v) is 3.88. The van der Waals surface area contributed by atoms with Crippen LogP contribution < -0.4 is 5.73 Å². The van der Waals surface area contributed by atoms with Gasteiger partial charge in [-0.3, -0.25) is 9.36 Å². The molecule has 0 amide bonds. The molecule has 0 unspecified atom stereocenters. The van der Waals surface area contributed by atoms with E-state index in [0.717, 1.165) is 11.3 Å². The molecule has 7 heteroatoms. The van der Waals surface area contributed by atoms with Crippen LogP contribution in [0.1, 0.15) is 33.3 Å². The number of allylic oxidation sites excluding steroid dienone is 2. The fourth-order valence-electron chi connectivity index (χ4n) is 3.05. The Labute approximate surface area is 186 Å². The van der Waals surface area contributed by atoms with Crippen LogP contribution in [0.3, 0.4) is 0 Å². The number of nitriles is 1.